The third-order valence-corrected chi connectivity index (χ3v) is 10.3. The van der Waals surface area contributed by atoms with Crippen molar-refractivity contribution in [3.8, 4) is 0 Å². The Kier molecular flexibility index (Phi) is 2.57. The van der Waals surface area contributed by atoms with Crippen molar-refractivity contribution in [3.05, 3.63) is 0 Å². The third-order valence-electron chi connectivity index (χ3n) is 6.13. The molecule has 1 heterocycles. The van der Waals surface area contributed by atoms with E-state index in [0.29, 0.717) is 7.92 Å². The van der Waals surface area contributed by atoms with Crippen LogP contribution in [0.5, 0.6) is 0 Å². The van der Waals surface area contributed by atoms with Crippen LogP contribution in [0.2, 0.25) is 0 Å². The Morgan fingerprint density at radius 1 is 0.562 bits per heavy atom. The van der Waals surface area contributed by atoms with E-state index in [9.17, 15) is 0 Å². The zero-order valence-electron chi connectivity index (χ0n) is 10.4. The first-order valence-corrected chi connectivity index (χ1v) is 9.27. The summed E-state index contributed by atoms with van der Waals surface area (Å²) in [5.41, 5.74) is 3.75. The fraction of sp³-hybridized carbons (Fsp3) is 1.00. The highest BCUT2D eigenvalue weighted by Gasteiger charge is 2.54. The minimum atomic E-state index is 0.473. The summed E-state index contributed by atoms with van der Waals surface area (Å²) >= 11 is 0. The zero-order chi connectivity index (χ0) is 10.5. The van der Waals surface area contributed by atoms with Gasteiger partial charge in [-0.15, -0.1) is 0 Å². The maximum Gasteiger partial charge on any atom is -0.0173 e. The molecule has 16 heavy (non-hydrogen) atoms. The van der Waals surface area contributed by atoms with Gasteiger partial charge in [0.05, 0.1) is 0 Å². The number of hydrogen-bond donors (Lipinski definition) is 0. The molecular formula is C15H25P. The van der Waals surface area contributed by atoms with Gasteiger partial charge in [-0.25, -0.2) is 0 Å². The van der Waals surface area contributed by atoms with Crippen LogP contribution in [0.1, 0.15) is 64.2 Å². The molecule has 0 nitrogen and oxygen atoms in total. The lowest BCUT2D eigenvalue weighted by atomic mass is 9.90. The monoisotopic (exact) mass is 236 g/mol. The number of hydrogen-bond acceptors (Lipinski definition) is 0. The van der Waals surface area contributed by atoms with Crippen molar-refractivity contribution in [3.63, 3.8) is 0 Å². The smallest absolute Gasteiger partial charge is 0.0173 e. The Morgan fingerprint density at radius 3 is 1.69 bits per heavy atom. The first-order valence-electron chi connectivity index (χ1n) is 7.72. The van der Waals surface area contributed by atoms with Crippen LogP contribution >= 0.6 is 7.92 Å². The number of fused-ring (bicyclic) bond motifs is 3. The molecule has 1 heteroatoms. The summed E-state index contributed by atoms with van der Waals surface area (Å²) in [5.74, 6) is 2.44. The molecule has 1 aliphatic heterocycles. The molecule has 0 N–H and O–H groups in total. The van der Waals surface area contributed by atoms with Crippen molar-refractivity contribution in [2.45, 2.75) is 81.2 Å². The molecule has 3 saturated carbocycles. The summed E-state index contributed by atoms with van der Waals surface area (Å²) in [6, 6.07) is 0. The second-order valence-corrected chi connectivity index (χ2v) is 9.66. The second kappa shape index (κ2) is 3.98. The molecular weight excluding hydrogens is 211 g/mol. The van der Waals surface area contributed by atoms with Gasteiger partial charge in [-0.2, -0.15) is 0 Å². The van der Waals surface area contributed by atoms with E-state index in [1.165, 1.54) is 28.8 Å². The van der Waals surface area contributed by atoms with Gasteiger partial charge in [0.25, 0.3) is 0 Å². The Labute approximate surface area is 101 Å². The molecule has 4 atom stereocenters. The summed E-state index contributed by atoms with van der Waals surface area (Å²) in [4.78, 5) is 0. The molecule has 4 fully saturated rings. The normalized spacial score (nSPS) is 52.1. The maximum atomic E-state index is 1.64. The average Bonchev–Trinajstić information content (AvgIpc) is 3.00. The average molecular weight is 236 g/mol. The molecule has 0 radical (unpaired) electrons. The van der Waals surface area contributed by atoms with Crippen molar-refractivity contribution in [2.75, 3.05) is 0 Å². The molecule has 1 saturated heterocycles. The van der Waals surface area contributed by atoms with Gasteiger partial charge in [-0.3, -0.25) is 0 Å². The molecule has 4 rings (SSSR count). The summed E-state index contributed by atoms with van der Waals surface area (Å²) < 4.78 is 0. The van der Waals surface area contributed by atoms with Gasteiger partial charge in [-0.05, 0) is 67.3 Å². The van der Waals surface area contributed by atoms with Gasteiger partial charge < -0.3 is 0 Å². The summed E-state index contributed by atoms with van der Waals surface area (Å²) in [5, 5.41) is 0. The first kappa shape index (κ1) is 10.4. The van der Waals surface area contributed by atoms with E-state index in [0.717, 1.165) is 0 Å². The fourth-order valence-electron chi connectivity index (χ4n) is 5.67. The van der Waals surface area contributed by atoms with Crippen molar-refractivity contribution >= 4 is 7.92 Å². The first-order chi connectivity index (χ1) is 7.95. The van der Waals surface area contributed by atoms with Crippen LogP contribution in [0.4, 0.5) is 0 Å². The SMILES string of the molecule is C1CCC(P2C3CCCC3C3CCCC32)C1. The summed E-state index contributed by atoms with van der Waals surface area (Å²) in [6.07, 6.45) is 16.1. The van der Waals surface area contributed by atoms with E-state index >= 15 is 0 Å². The van der Waals surface area contributed by atoms with E-state index in [-0.39, 0.29) is 0 Å². The molecule has 0 amide bonds. The van der Waals surface area contributed by atoms with Crippen molar-refractivity contribution in [1.82, 2.24) is 0 Å². The number of rotatable bonds is 1. The standard InChI is InChI=1S/C15H25P/c1-2-6-11(5-1)16-14-9-3-7-12(14)13-8-4-10-15(13)16/h11-15H,1-10H2. The van der Waals surface area contributed by atoms with Crippen molar-refractivity contribution in [2.24, 2.45) is 11.8 Å². The van der Waals surface area contributed by atoms with Crippen LogP contribution in [0.15, 0.2) is 0 Å². The quantitative estimate of drug-likeness (QED) is 0.576. The van der Waals surface area contributed by atoms with Gasteiger partial charge in [0.15, 0.2) is 0 Å². The predicted molar refractivity (Wildman–Crippen MR) is 71.4 cm³/mol. The Morgan fingerprint density at radius 2 is 1.12 bits per heavy atom. The molecule has 0 spiro atoms. The molecule has 0 aromatic carbocycles. The minimum absolute atomic E-state index is 0.473. The van der Waals surface area contributed by atoms with E-state index in [1.807, 2.05) is 0 Å². The van der Waals surface area contributed by atoms with Crippen LogP contribution in [0.3, 0.4) is 0 Å². The lowest BCUT2D eigenvalue weighted by Crippen LogP contribution is -2.13. The van der Waals surface area contributed by atoms with Gasteiger partial charge in [-0.1, -0.05) is 33.6 Å². The Balaban J connectivity index is 1.63. The fourth-order valence-corrected chi connectivity index (χ4v) is 10.8. The molecule has 0 aromatic heterocycles. The lowest BCUT2D eigenvalue weighted by molar-refractivity contribution is 0.384. The van der Waals surface area contributed by atoms with Crippen LogP contribution < -0.4 is 0 Å². The van der Waals surface area contributed by atoms with Crippen LogP contribution in [-0.4, -0.2) is 17.0 Å². The molecule has 4 unspecified atom stereocenters. The molecule has 4 aliphatic rings. The van der Waals surface area contributed by atoms with Crippen molar-refractivity contribution < 1.29 is 0 Å². The highest BCUT2D eigenvalue weighted by Crippen LogP contribution is 2.73. The zero-order valence-corrected chi connectivity index (χ0v) is 11.3. The van der Waals surface area contributed by atoms with E-state index in [2.05, 4.69) is 0 Å². The Bertz CT molecular complexity index is 249. The highest BCUT2D eigenvalue weighted by atomic mass is 31.1. The van der Waals surface area contributed by atoms with Gasteiger partial charge in [0.2, 0.25) is 0 Å². The van der Waals surface area contributed by atoms with E-state index in [4.69, 9.17) is 0 Å². The molecule has 3 aliphatic carbocycles. The van der Waals surface area contributed by atoms with E-state index in [1.54, 1.807) is 64.2 Å². The topological polar surface area (TPSA) is 0 Å². The highest BCUT2D eigenvalue weighted by molar-refractivity contribution is 7.60. The minimum Gasteiger partial charge on any atom is -0.0966 e. The maximum absolute atomic E-state index is 1.64. The lowest BCUT2D eigenvalue weighted by Gasteiger charge is -2.30. The summed E-state index contributed by atoms with van der Waals surface area (Å²) in [7, 11) is 0.473. The molecule has 90 valence electrons. The van der Waals surface area contributed by atoms with Gasteiger partial charge in [0, 0.05) is 0 Å². The van der Waals surface area contributed by atoms with Crippen LogP contribution in [-0.2, 0) is 0 Å². The van der Waals surface area contributed by atoms with Gasteiger partial charge >= 0.3 is 0 Å². The van der Waals surface area contributed by atoms with E-state index < -0.39 is 0 Å². The van der Waals surface area contributed by atoms with Crippen LogP contribution in [0, 0.1) is 11.8 Å². The summed E-state index contributed by atoms with van der Waals surface area (Å²) in [6.45, 7) is 0. The largest absolute Gasteiger partial charge is 0.0966 e. The van der Waals surface area contributed by atoms with Crippen LogP contribution in [0.25, 0.3) is 0 Å². The predicted octanol–water partition coefficient (Wildman–Crippen LogP) is 4.76. The molecule has 0 aromatic rings. The van der Waals surface area contributed by atoms with Crippen molar-refractivity contribution in [1.29, 1.82) is 0 Å². The molecule has 0 bridgehead atoms. The third kappa shape index (κ3) is 1.38. The Hall–Kier alpha value is 0.430. The van der Waals surface area contributed by atoms with Gasteiger partial charge in [0.1, 0.15) is 0 Å². The second-order valence-electron chi connectivity index (χ2n) is 6.71.